The highest BCUT2D eigenvalue weighted by Crippen LogP contribution is 2.22. The van der Waals surface area contributed by atoms with Crippen LogP contribution in [0.25, 0.3) is 0 Å². The zero-order valence-corrected chi connectivity index (χ0v) is 14.2. The minimum absolute atomic E-state index is 0.0844. The van der Waals surface area contributed by atoms with Crippen molar-refractivity contribution in [3.8, 4) is 0 Å². The molecule has 0 amide bonds. The van der Waals surface area contributed by atoms with Gasteiger partial charge in [-0.25, -0.2) is 13.1 Å². The minimum Gasteiger partial charge on any atom is -0.302 e. The van der Waals surface area contributed by atoms with Crippen LogP contribution < -0.4 is 4.72 Å². The number of halogens is 2. The van der Waals surface area contributed by atoms with E-state index < -0.39 is 10.0 Å². The van der Waals surface area contributed by atoms with E-state index in [4.69, 9.17) is 23.2 Å². The van der Waals surface area contributed by atoms with Gasteiger partial charge in [0.15, 0.2) is 0 Å². The molecule has 0 fully saturated rings. The summed E-state index contributed by atoms with van der Waals surface area (Å²) in [5, 5.41) is 0.601. The summed E-state index contributed by atoms with van der Waals surface area (Å²) < 4.78 is 26.8. The van der Waals surface area contributed by atoms with Gasteiger partial charge in [0.1, 0.15) is 0 Å². The number of rotatable bonds is 7. The maximum atomic E-state index is 12.1. The Hall–Kier alpha value is -0.330. The van der Waals surface area contributed by atoms with Crippen molar-refractivity contribution in [1.82, 2.24) is 9.62 Å². The first-order chi connectivity index (χ1) is 9.26. The molecule has 1 rings (SSSR count). The number of benzene rings is 1. The van der Waals surface area contributed by atoms with Gasteiger partial charge in [0.05, 0.1) is 4.90 Å². The SMILES string of the molecule is CCC(C)N(C)CCNS(=O)(=O)c1cc(Cl)cc(Cl)c1. The number of likely N-dealkylation sites (N-methyl/N-ethyl adjacent to an activating group) is 1. The lowest BCUT2D eigenvalue weighted by atomic mass is 10.2. The standard InChI is InChI=1S/C13H20Cl2N2O2S/c1-4-10(2)17(3)6-5-16-20(18,19)13-8-11(14)7-12(15)9-13/h7-10,16H,4-6H2,1-3H3. The van der Waals surface area contributed by atoms with Crippen molar-refractivity contribution < 1.29 is 8.42 Å². The zero-order chi connectivity index (χ0) is 15.3. The molecule has 1 atom stereocenters. The van der Waals surface area contributed by atoms with Crippen LogP contribution in [-0.4, -0.2) is 39.5 Å². The summed E-state index contributed by atoms with van der Waals surface area (Å²) in [4.78, 5) is 2.19. The lowest BCUT2D eigenvalue weighted by Gasteiger charge is -2.23. The number of hydrogen-bond acceptors (Lipinski definition) is 3. The highest BCUT2D eigenvalue weighted by Gasteiger charge is 2.16. The Morgan fingerprint density at radius 3 is 2.30 bits per heavy atom. The van der Waals surface area contributed by atoms with Crippen LogP contribution >= 0.6 is 23.2 Å². The Kier molecular flexibility index (Phi) is 6.75. The monoisotopic (exact) mass is 338 g/mol. The third-order valence-electron chi connectivity index (χ3n) is 3.25. The summed E-state index contributed by atoms with van der Waals surface area (Å²) in [7, 11) is -1.61. The largest absolute Gasteiger partial charge is 0.302 e. The number of sulfonamides is 1. The average molecular weight is 339 g/mol. The minimum atomic E-state index is -3.58. The molecule has 0 aliphatic heterocycles. The van der Waals surface area contributed by atoms with Crippen LogP contribution in [0.2, 0.25) is 10.0 Å². The van der Waals surface area contributed by atoms with E-state index in [0.29, 0.717) is 29.2 Å². The lowest BCUT2D eigenvalue weighted by Crippen LogP contribution is -2.37. The molecular formula is C13H20Cl2N2O2S. The van der Waals surface area contributed by atoms with Gasteiger partial charge in [-0.05, 0) is 38.6 Å². The van der Waals surface area contributed by atoms with Crippen molar-refractivity contribution in [2.45, 2.75) is 31.2 Å². The van der Waals surface area contributed by atoms with E-state index in [9.17, 15) is 8.42 Å². The van der Waals surface area contributed by atoms with E-state index in [1.54, 1.807) is 0 Å². The molecule has 0 heterocycles. The van der Waals surface area contributed by atoms with Crippen molar-refractivity contribution in [3.05, 3.63) is 28.2 Å². The molecule has 0 saturated carbocycles. The van der Waals surface area contributed by atoms with Crippen LogP contribution in [0.5, 0.6) is 0 Å². The predicted molar refractivity (Wildman–Crippen MR) is 84.0 cm³/mol. The smallest absolute Gasteiger partial charge is 0.240 e. The highest BCUT2D eigenvalue weighted by molar-refractivity contribution is 7.89. The van der Waals surface area contributed by atoms with E-state index in [2.05, 4.69) is 23.5 Å². The molecular weight excluding hydrogens is 319 g/mol. The first-order valence-corrected chi connectivity index (χ1v) is 8.66. The van der Waals surface area contributed by atoms with Gasteiger partial charge in [-0.3, -0.25) is 0 Å². The van der Waals surface area contributed by atoms with Gasteiger partial charge in [0, 0.05) is 29.2 Å². The van der Waals surface area contributed by atoms with Crippen LogP contribution in [0.3, 0.4) is 0 Å². The first-order valence-electron chi connectivity index (χ1n) is 6.42. The van der Waals surface area contributed by atoms with E-state index in [-0.39, 0.29) is 4.90 Å². The predicted octanol–water partition coefficient (Wildman–Crippen LogP) is 3.00. The average Bonchev–Trinajstić information content (AvgIpc) is 2.36. The Morgan fingerprint density at radius 2 is 1.80 bits per heavy atom. The molecule has 4 nitrogen and oxygen atoms in total. The molecule has 0 spiro atoms. The summed E-state index contributed by atoms with van der Waals surface area (Å²) in [6, 6.07) is 4.68. The molecule has 20 heavy (non-hydrogen) atoms. The molecule has 1 aromatic rings. The van der Waals surface area contributed by atoms with Crippen molar-refractivity contribution in [3.63, 3.8) is 0 Å². The summed E-state index contributed by atoms with van der Waals surface area (Å²) in [5.74, 6) is 0. The molecule has 1 unspecified atom stereocenters. The number of nitrogens with zero attached hydrogens (tertiary/aromatic N) is 1. The number of nitrogens with one attached hydrogen (secondary N) is 1. The third-order valence-corrected chi connectivity index (χ3v) is 5.12. The van der Waals surface area contributed by atoms with Gasteiger partial charge in [-0.1, -0.05) is 30.1 Å². The van der Waals surface area contributed by atoms with E-state index in [1.165, 1.54) is 18.2 Å². The molecule has 0 aliphatic carbocycles. The molecule has 0 aliphatic rings. The van der Waals surface area contributed by atoms with Gasteiger partial charge in [-0.2, -0.15) is 0 Å². The second-order valence-corrected chi connectivity index (χ2v) is 7.38. The van der Waals surface area contributed by atoms with E-state index >= 15 is 0 Å². The van der Waals surface area contributed by atoms with Gasteiger partial charge in [0.25, 0.3) is 0 Å². The van der Waals surface area contributed by atoms with Crippen molar-refractivity contribution in [2.24, 2.45) is 0 Å². The lowest BCUT2D eigenvalue weighted by molar-refractivity contribution is 0.256. The molecule has 0 aromatic heterocycles. The normalized spacial score (nSPS) is 13.7. The van der Waals surface area contributed by atoms with Crippen LogP contribution in [0.1, 0.15) is 20.3 Å². The first kappa shape index (κ1) is 17.7. The van der Waals surface area contributed by atoms with Gasteiger partial charge >= 0.3 is 0 Å². The second-order valence-electron chi connectivity index (χ2n) is 4.74. The fraction of sp³-hybridized carbons (Fsp3) is 0.538. The zero-order valence-electron chi connectivity index (χ0n) is 11.9. The topological polar surface area (TPSA) is 49.4 Å². The molecule has 1 aromatic carbocycles. The molecule has 114 valence electrons. The number of hydrogen-bond donors (Lipinski definition) is 1. The Labute approximate surface area is 131 Å². The van der Waals surface area contributed by atoms with Crippen molar-refractivity contribution in [2.75, 3.05) is 20.1 Å². The van der Waals surface area contributed by atoms with Gasteiger partial charge in [-0.15, -0.1) is 0 Å². The molecule has 0 radical (unpaired) electrons. The fourth-order valence-corrected chi connectivity index (χ4v) is 3.40. The second kappa shape index (κ2) is 7.61. The molecule has 7 heteroatoms. The van der Waals surface area contributed by atoms with Gasteiger partial charge in [0.2, 0.25) is 10.0 Å². The Balaban J connectivity index is 2.66. The summed E-state index contributed by atoms with van der Waals surface area (Å²) >= 11 is 11.6. The van der Waals surface area contributed by atoms with Crippen LogP contribution in [0, 0.1) is 0 Å². The Bertz CT molecular complexity index is 529. The summed E-state index contributed by atoms with van der Waals surface area (Å²) in [5.41, 5.74) is 0. The van der Waals surface area contributed by atoms with Crippen LogP contribution in [-0.2, 0) is 10.0 Å². The molecule has 1 N–H and O–H groups in total. The fourth-order valence-electron chi connectivity index (χ4n) is 1.66. The van der Waals surface area contributed by atoms with Gasteiger partial charge < -0.3 is 4.90 Å². The van der Waals surface area contributed by atoms with Crippen molar-refractivity contribution >= 4 is 33.2 Å². The maximum Gasteiger partial charge on any atom is 0.240 e. The van der Waals surface area contributed by atoms with E-state index in [0.717, 1.165) is 6.42 Å². The molecule has 0 bridgehead atoms. The van der Waals surface area contributed by atoms with Crippen LogP contribution in [0.15, 0.2) is 23.1 Å². The van der Waals surface area contributed by atoms with Crippen molar-refractivity contribution in [1.29, 1.82) is 0 Å². The summed E-state index contributed by atoms with van der Waals surface area (Å²) in [6.07, 6.45) is 1.02. The molecule has 0 saturated heterocycles. The quantitative estimate of drug-likeness (QED) is 0.831. The van der Waals surface area contributed by atoms with Crippen LogP contribution in [0.4, 0.5) is 0 Å². The maximum absolute atomic E-state index is 12.1. The third kappa shape index (κ3) is 5.22. The van der Waals surface area contributed by atoms with E-state index in [1.807, 2.05) is 7.05 Å². The Morgan fingerprint density at radius 1 is 1.25 bits per heavy atom. The summed E-state index contributed by atoms with van der Waals surface area (Å²) in [6.45, 7) is 5.18. The highest BCUT2D eigenvalue weighted by atomic mass is 35.5.